The number of carbonyl (C=O) groups is 2. The number of carbonyl (C=O) groups excluding carboxylic acids is 2. The third-order valence-electron chi connectivity index (χ3n) is 4.13. The fourth-order valence-electron chi connectivity index (χ4n) is 2.99. The minimum atomic E-state index is -0.704. The molecule has 23 heavy (non-hydrogen) atoms. The Hall–Kier alpha value is -1.70. The lowest BCUT2D eigenvalue weighted by Gasteiger charge is -2.37. The summed E-state index contributed by atoms with van der Waals surface area (Å²) >= 11 is 3.31. The Balaban J connectivity index is 1.78. The number of amides is 2. The molecule has 0 aliphatic carbocycles. The molecule has 2 aliphatic heterocycles. The Morgan fingerprint density at radius 2 is 2.04 bits per heavy atom. The van der Waals surface area contributed by atoms with E-state index in [9.17, 15) is 9.59 Å². The van der Waals surface area contributed by atoms with Gasteiger partial charge >= 0.3 is 6.09 Å². The van der Waals surface area contributed by atoms with Gasteiger partial charge in [0.15, 0.2) is 5.82 Å². The number of likely N-dealkylation sites (tertiary alicyclic amines) is 1. The maximum absolute atomic E-state index is 12.5. The Morgan fingerprint density at radius 3 is 2.65 bits per heavy atom. The fourth-order valence-corrected chi connectivity index (χ4v) is 3.27. The summed E-state index contributed by atoms with van der Waals surface area (Å²) in [5.74, 6) is 0.429. The first-order valence-corrected chi connectivity index (χ1v) is 8.33. The lowest BCUT2D eigenvalue weighted by Crippen LogP contribution is -2.49. The van der Waals surface area contributed by atoms with Gasteiger partial charge in [-0.1, -0.05) is 0 Å². The number of anilines is 1. The van der Waals surface area contributed by atoms with Gasteiger partial charge in [0.2, 0.25) is 5.91 Å². The first-order chi connectivity index (χ1) is 10.7. The predicted octanol–water partition coefficient (Wildman–Crippen LogP) is 2.46. The molecule has 1 N–H and O–H groups in total. The normalized spacial score (nSPS) is 19.5. The summed E-state index contributed by atoms with van der Waals surface area (Å²) in [5.41, 5.74) is -0.564. The summed E-state index contributed by atoms with van der Waals surface area (Å²) in [6, 6.07) is 0. The highest BCUT2D eigenvalue weighted by Gasteiger charge is 2.51. The number of aromatic nitrogens is 2. The van der Waals surface area contributed by atoms with Crippen LogP contribution >= 0.6 is 15.9 Å². The predicted molar refractivity (Wildman–Crippen MR) is 87.1 cm³/mol. The quantitative estimate of drug-likeness (QED) is 0.744. The van der Waals surface area contributed by atoms with Gasteiger partial charge in [-0.05, 0) is 49.5 Å². The van der Waals surface area contributed by atoms with Crippen LogP contribution in [0.15, 0.2) is 10.8 Å². The topological polar surface area (TPSA) is 84.4 Å². The van der Waals surface area contributed by atoms with Crippen LogP contribution in [0.3, 0.4) is 0 Å². The highest BCUT2D eigenvalue weighted by atomic mass is 79.9. The lowest BCUT2D eigenvalue weighted by atomic mass is 9.76. The molecule has 1 saturated heterocycles. The summed E-state index contributed by atoms with van der Waals surface area (Å²) < 4.78 is 5.99. The van der Waals surface area contributed by atoms with Crippen molar-refractivity contribution >= 4 is 33.7 Å². The number of halogens is 1. The molecule has 0 aromatic carbocycles. The van der Waals surface area contributed by atoms with E-state index in [1.165, 1.54) is 0 Å². The molecule has 0 atom stereocenters. The van der Waals surface area contributed by atoms with Gasteiger partial charge in [0.05, 0.1) is 11.6 Å². The van der Waals surface area contributed by atoms with Crippen molar-refractivity contribution in [3.8, 4) is 0 Å². The first-order valence-electron chi connectivity index (χ1n) is 7.54. The minimum absolute atomic E-state index is 0.0885. The van der Waals surface area contributed by atoms with E-state index in [1.807, 2.05) is 20.8 Å². The molecule has 2 aliphatic rings. The molecule has 1 aromatic heterocycles. The van der Waals surface area contributed by atoms with Gasteiger partial charge in [-0.25, -0.2) is 14.8 Å². The molecule has 1 fully saturated rings. The van der Waals surface area contributed by atoms with Crippen molar-refractivity contribution in [2.45, 2.75) is 44.6 Å². The second-order valence-corrected chi connectivity index (χ2v) is 7.71. The van der Waals surface area contributed by atoms with Crippen LogP contribution in [0.4, 0.5) is 10.6 Å². The largest absolute Gasteiger partial charge is 0.444 e. The van der Waals surface area contributed by atoms with E-state index in [2.05, 4.69) is 31.2 Å². The SMILES string of the molecule is CC(C)(C)OC(=O)N1CCC2(CC1)C(=O)Nc1ncc(Br)nc12. The van der Waals surface area contributed by atoms with Crippen LogP contribution in [-0.4, -0.2) is 45.6 Å². The molecule has 0 saturated carbocycles. The molecule has 7 nitrogen and oxygen atoms in total. The molecule has 3 rings (SSSR count). The van der Waals surface area contributed by atoms with Crippen molar-refractivity contribution in [2.75, 3.05) is 18.4 Å². The van der Waals surface area contributed by atoms with Gasteiger partial charge in [-0.15, -0.1) is 0 Å². The maximum atomic E-state index is 12.5. The van der Waals surface area contributed by atoms with E-state index in [-0.39, 0.29) is 12.0 Å². The zero-order chi connectivity index (χ0) is 16.8. The highest BCUT2D eigenvalue weighted by molar-refractivity contribution is 9.10. The third-order valence-corrected chi connectivity index (χ3v) is 4.51. The average molecular weight is 383 g/mol. The summed E-state index contributed by atoms with van der Waals surface area (Å²) in [4.78, 5) is 35.0. The van der Waals surface area contributed by atoms with Gasteiger partial charge in [0.25, 0.3) is 0 Å². The van der Waals surface area contributed by atoms with Crippen molar-refractivity contribution in [3.05, 3.63) is 16.5 Å². The van der Waals surface area contributed by atoms with Gasteiger partial charge in [-0.2, -0.15) is 0 Å². The number of hydrogen-bond donors (Lipinski definition) is 1. The highest BCUT2D eigenvalue weighted by Crippen LogP contribution is 2.43. The smallest absolute Gasteiger partial charge is 0.410 e. The summed E-state index contributed by atoms with van der Waals surface area (Å²) in [7, 11) is 0. The molecule has 1 aromatic rings. The zero-order valence-electron chi connectivity index (χ0n) is 13.4. The van der Waals surface area contributed by atoms with Crippen LogP contribution in [0, 0.1) is 0 Å². The standard InChI is InChI=1S/C15H19BrN4O3/c1-14(2,3)23-13(22)20-6-4-15(5-7-20)10-11(19-12(15)21)17-8-9(16)18-10/h8H,4-7H2,1-3H3,(H,17,19,21). The zero-order valence-corrected chi connectivity index (χ0v) is 14.9. The van der Waals surface area contributed by atoms with E-state index in [4.69, 9.17) is 4.74 Å². The van der Waals surface area contributed by atoms with E-state index < -0.39 is 11.0 Å². The molecule has 0 radical (unpaired) electrons. The third kappa shape index (κ3) is 2.91. The Morgan fingerprint density at radius 1 is 1.39 bits per heavy atom. The molecular formula is C15H19BrN4O3. The first kappa shape index (κ1) is 16.2. The Bertz CT molecular complexity index is 663. The van der Waals surface area contributed by atoms with Crippen LogP contribution in [0.1, 0.15) is 39.3 Å². The van der Waals surface area contributed by atoms with Crippen molar-refractivity contribution in [3.63, 3.8) is 0 Å². The number of ether oxygens (including phenoxy) is 1. The molecule has 3 heterocycles. The molecule has 124 valence electrons. The summed E-state index contributed by atoms with van der Waals surface area (Å²) in [6.45, 7) is 6.42. The second kappa shape index (κ2) is 5.43. The second-order valence-electron chi connectivity index (χ2n) is 6.89. The van der Waals surface area contributed by atoms with Crippen LogP contribution in [-0.2, 0) is 14.9 Å². The van der Waals surface area contributed by atoms with Crippen molar-refractivity contribution < 1.29 is 14.3 Å². The van der Waals surface area contributed by atoms with Gasteiger partial charge in [0.1, 0.15) is 15.9 Å². The number of hydrogen-bond acceptors (Lipinski definition) is 5. The van der Waals surface area contributed by atoms with Crippen LogP contribution in [0.2, 0.25) is 0 Å². The Labute approximate surface area is 142 Å². The number of rotatable bonds is 0. The van der Waals surface area contributed by atoms with Gasteiger partial charge in [0, 0.05) is 13.1 Å². The van der Waals surface area contributed by atoms with Crippen molar-refractivity contribution in [1.29, 1.82) is 0 Å². The molecule has 8 heteroatoms. The fraction of sp³-hybridized carbons (Fsp3) is 0.600. The summed E-state index contributed by atoms with van der Waals surface area (Å²) in [6.07, 6.45) is 2.24. The maximum Gasteiger partial charge on any atom is 0.410 e. The summed E-state index contributed by atoms with van der Waals surface area (Å²) in [5, 5.41) is 2.80. The van der Waals surface area contributed by atoms with Crippen LogP contribution < -0.4 is 5.32 Å². The van der Waals surface area contributed by atoms with E-state index in [1.54, 1.807) is 11.1 Å². The lowest BCUT2D eigenvalue weighted by molar-refractivity contribution is -0.122. The van der Waals surface area contributed by atoms with E-state index in [0.29, 0.717) is 42.0 Å². The van der Waals surface area contributed by atoms with E-state index >= 15 is 0 Å². The molecule has 0 unspecified atom stereocenters. The van der Waals surface area contributed by atoms with Crippen molar-refractivity contribution in [1.82, 2.24) is 14.9 Å². The molecule has 0 bridgehead atoms. The van der Waals surface area contributed by atoms with Crippen molar-refractivity contribution in [2.24, 2.45) is 0 Å². The molecule has 1 spiro atoms. The molecular weight excluding hydrogens is 364 g/mol. The van der Waals surface area contributed by atoms with E-state index in [0.717, 1.165) is 0 Å². The number of piperidine rings is 1. The Kier molecular flexibility index (Phi) is 3.82. The average Bonchev–Trinajstić information content (AvgIpc) is 2.71. The van der Waals surface area contributed by atoms with Gasteiger partial charge in [-0.3, -0.25) is 4.79 Å². The number of nitrogens with zero attached hydrogens (tertiary/aromatic N) is 3. The number of fused-ring (bicyclic) bond motifs is 2. The van der Waals surface area contributed by atoms with Crippen LogP contribution in [0.5, 0.6) is 0 Å². The number of nitrogens with one attached hydrogen (secondary N) is 1. The minimum Gasteiger partial charge on any atom is -0.444 e. The van der Waals surface area contributed by atoms with Crippen LogP contribution in [0.25, 0.3) is 0 Å². The molecule has 2 amide bonds. The van der Waals surface area contributed by atoms with Gasteiger partial charge < -0.3 is 15.0 Å². The monoisotopic (exact) mass is 382 g/mol.